The van der Waals surface area contributed by atoms with E-state index in [4.69, 9.17) is 10.5 Å². The maximum absolute atomic E-state index is 13.1. The fraction of sp³-hybridized carbons (Fsp3) is 0.455. The van der Waals surface area contributed by atoms with Gasteiger partial charge in [-0.25, -0.2) is 14.8 Å². The highest BCUT2D eigenvalue weighted by Gasteiger charge is 2.37. The molecule has 2 aromatic rings. The van der Waals surface area contributed by atoms with Gasteiger partial charge in [0.2, 0.25) is 5.91 Å². The van der Waals surface area contributed by atoms with Crippen molar-refractivity contribution in [2.75, 3.05) is 12.3 Å². The van der Waals surface area contributed by atoms with Crippen LogP contribution in [0.4, 0.5) is 5.82 Å². The first-order valence-corrected chi connectivity index (χ1v) is 9.82. The molecule has 1 amide bonds. The predicted octanol–water partition coefficient (Wildman–Crippen LogP) is 2.69. The Bertz CT molecular complexity index is 1080. The number of amides is 1. The number of nitrogens with two attached hydrogens (primary N) is 1. The van der Waals surface area contributed by atoms with Crippen LogP contribution < -0.4 is 5.73 Å². The Morgan fingerprint density at radius 2 is 2.07 bits per heavy atom. The van der Waals surface area contributed by atoms with Gasteiger partial charge in [-0.05, 0) is 53.0 Å². The highest BCUT2D eigenvalue weighted by Crippen LogP contribution is 2.36. The smallest absolute Gasteiger partial charge is 0.342 e. The molecule has 1 aliphatic rings. The molecule has 0 unspecified atom stereocenters. The van der Waals surface area contributed by atoms with Gasteiger partial charge in [-0.3, -0.25) is 4.79 Å². The van der Waals surface area contributed by atoms with Gasteiger partial charge in [-0.1, -0.05) is 12.5 Å². The Morgan fingerprint density at radius 3 is 2.67 bits per heavy atom. The van der Waals surface area contributed by atoms with Crippen molar-refractivity contribution in [3.05, 3.63) is 30.2 Å². The normalized spacial score (nSPS) is 18.8. The second-order valence-electron chi connectivity index (χ2n) is 8.36. The molecule has 2 N–H and O–H groups in total. The van der Waals surface area contributed by atoms with Gasteiger partial charge in [0.05, 0.1) is 11.4 Å². The second-order valence-corrected chi connectivity index (χ2v) is 8.36. The maximum Gasteiger partial charge on any atom is 0.342 e. The highest BCUT2D eigenvalue weighted by atomic mass is 16.6. The number of rotatable bonds is 3. The minimum absolute atomic E-state index is 0.00421. The van der Waals surface area contributed by atoms with Crippen molar-refractivity contribution in [1.82, 2.24) is 19.4 Å². The van der Waals surface area contributed by atoms with Gasteiger partial charge >= 0.3 is 5.97 Å². The van der Waals surface area contributed by atoms with E-state index in [-0.39, 0.29) is 29.4 Å². The summed E-state index contributed by atoms with van der Waals surface area (Å²) < 4.78 is 7.54. The van der Waals surface area contributed by atoms with Crippen LogP contribution in [0.3, 0.4) is 0 Å². The summed E-state index contributed by atoms with van der Waals surface area (Å²) in [6, 6.07) is -0.128. The van der Waals surface area contributed by atoms with Crippen molar-refractivity contribution in [1.29, 1.82) is 0 Å². The molecular formula is C22H27N5O3. The van der Waals surface area contributed by atoms with Crippen molar-refractivity contribution in [2.45, 2.75) is 58.7 Å². The third-order valence-corrected chi connectivity index (χ3v) is 5.03. The number of esters is 1. The molecule has 3 rings (SSSR count). The summed E-state index contributed by atoms with van der Waals surface area (Å²) in [6.45, 7) is 13.1. The van der Waals surface area contributed by atoms with E-state index in [2.05, 4.69) is 28.4 Å². The van der Waals surface area contributed by atoms with Crippen LogP contribution in [0.25, 0.3) is 11.0 Å². The number of hydrogen-bond donors (Lipinski definition) is 1. The topological polar surface area (TPSA) is 103 Å². The van der Waals surface area contributed by atoms with E-state index in [0.29, 0.717) is 29.7 Å². The number of carbonyl (C=O) groups excluding carboxylic acids is 2. The zero-order valence-electron chi connectivity index (χ0n) is 18.0. The lowest BCUT2D eigenvalue weighted by Crippen LogP contribution is -2.32. The van der Waals surface area contributed by atoms with Gasteiger partial charge in [-0.15, -0.1) is 0 Å². The summed E-state index contributed by atoms with van der Waals surface area (Å²) in [5.41, 5.74) is 6.70. The SMILES string of the molecule is C=CC(=O)N1C[C@H](n2c(C#CC)c(C(=O)OC(C)(C)C)c3c(N)ncnc32)C[C@@H]1C. The zero-order chi connectivity index (χ0) is 22.2. The molecule has 0 bridgehead atoms. The average Bonchev–Trinajstić information content (AvgIpc) is 3.18. The lowest BCUT2D eigenvalue weighted by Gasteiger charge is -2.20. The molecular weight excluding hydrogens is 382 g/mol. The number of nitrogen functional groups attached to an aromatic ring is 1. The molecule has 0 saturated carbocycles. The minimum atomic E-state index is -0.693. The van der Waals surface area contributed by atoms with Crippen LogP contribution in [-0.4, -0.2) is 49.5 Å². The summed E-state index contributed by atoms with van der Waals surface area (Å²) in [6.07, 6.45) is 3.35. The molecule has 30 heavy (non-hydrogen) atoms. The molecule has 0 radical (unpaired) electrons. The summed E-state index contributed by atoms with van der Waals surface area (Å²) in [5.74, 6) is 5.44. The van der Waals surface area contributed by atoms with Crippen molar-refractivity contribution >= 4 is 28.7 Å². The van der Waals surface area contributed by atoms with Gasteiger partial charge in [0.25, 0.3) is 0 Å². The van der Waals surface area contributed by atoms with Crippen molar-refractivity contribution < 1.29 is 14.3 Å². The molecule has 158 valence electrons. The van der Waals surface area contributed by atoms with Gasteiger partial charge in [0, 0.05) is 12.6 Å². The van der Waals surface area contributed by atoms with Crippen molar-refractivity contribution in [3.63, 3.8) is 0 Å². The Kier molecular flexibility index (Phi) is 5.57. The zero-order valence-corrected chi connectivity index (χ0v) is 18.0. The monoisotopic (exact) mass is 409 g/mol. The number of likely N-dealkylation sites (tertiary alicyclic amines) is 1. The molecule has 0 spiro atoms. The van der Waals surface area contributed by atoms with Crippen LogP contribution >= 0.6 is 0 Å². The van der Waals surface area contributed by atoms with Gasteiger partial charge in [0.15, 0.2) is 0 Å². The molecule has 1 fully saturated rings. The number of anilines is 1. The van der Waals surface area contributed by atoms with Crippen molar-refractivity contribution in [3.8, 4) is 11.8 Å². The Hall–Kier alpha value is -3.34. The van der Waals surface area contributed by atoms with E-state index >= 15 is 0 Å². The van der Waals surface area contributed by atoms with E-state index < -0.39 is 11.6 Å². The first kappa shape index (κ1) is 21.4. The standard InChI is InChI=1S/C22H27N5O3/c1-7-9-15-17(21(29)30-22(4,5)6)18-19(23)24-12-25-20(18)27(15)14-10-13(3)26(11-14)16(28)8-2/h8,12-14H,2,10-11H2,1,3-6H3,(H2,23,24,25)/t13-,14+/m0/s1. The molecule has 2 atom stereocenters. The number of nitrogens with zero attached hydrogens (tertiary/aromatic N) is 4. The van der Waals surface area contributed by atoms with Crippen LogP contribution in [-0.2, 0) is 9.53 Å². The molecule has 0 aliphatic carbocycles. The predicted molar refractivity (Wildman–Crippen MR) is 115 cm³/mol. The Balaban J connectivity index is 2.25. The fourth-order valence-electron chi connectivity index (χ4n) is 3.90. The summed E-state index contributed by atoms with van der Waals surface area (Å²) in [5, 5.41) is 0.422. The molecule has 8 nitrogen and oxygen atoms in total. The molecule has 0 aromatic carbocycles. The van der Waals surface area contributed by atoms with Crippen LogP contribution in [0, 0.1) is 11.8 Å². The number of fused-ring (bicyclic) bond motifs is 1. The second kappa shape index (κ2) is 7.82. The third-order valence-electron chi connectivity index (χ3n) is 5.03. The first-order chi connectivity index (χ1) is 14.1. The van der Waals surface area contributed by atoms with E-state index in [1.54, 1.807) is 32.6 Å². The quantitative estimate of drug-likeness (QED) is 0.475. The number of ether oxygens (including phenoxy) is 1. The Morgan fingerprint density at radius 1 is 1.37 bits per heavy atom. The fourth-order valence-corrected chi connectivity index (χ4v) is 3.90. The Labute approximate surface area is 176 Å². The number of aromatic nitrogens is 3. The number of hydrogen-bond acceptors (Lipinski definition) is 6. The van der Waals surface area contributed by atoms with E-state index in [1.807, 2.05) is 11.5 Å². The lowest BCUT2D eigenvalue weighted by molar-refractivity contribution is -0.126. The van der Waals surface area contributed by atoms with Crippen LogP contribution in [0.1, 0.15) is 63.1 Å². The average molecular weight is 409 g/mol. The summed E-state index contributed by atoms with van der Waals surface area (Å²) in [4.78, 5) is 35.6. The van der Waals surface area contributed by atoms with E-state index in [0.717, 1.165) is 0 Å². The lowest BCUT2D eigenvalue weighted by atomic mass is 10.1. The van der Waals surface area contributed by atoms with Crippen LogP contribution in [0.5, 0.6) is 0 Å². The van der Waals surface area contributed by atoms with Crippen LogP contribution in [0.2, 0.25) is 0 Å². The minimum Gasteiger partial charge on any atom is -0.456 e. The third kappa shape index (κ3) is 3.75. The summed E-state index contributed by atoms with van der Waals surface area (Å²) in [7, 11) is 0. The van der Waals surface area contributed by atoms with Crippen molar-refractivity contribution in [2.24, 2.45) is 0 Å². The summed E-state index contributed by atoms with van der Waals surface area (Å²) >= 11 is 0. The highest BCUT2D eigenvalue weighted by molar-refractivity contribution is 6.09. The van der Waals surface area contributed by atoms with E-state index in [9.17, 15) is 9.59 Å². The molecule has 8 heteroatoms. The maximum atomic E-state index is 13.1. The van der Waals surface area contributed by atoms with Gasteiger partial charge in [0.1, 0.15) is 34.7 Å². The molecule has 1 saturated heterocycles. The van der Waals surface area contributed by atoms with Gasteiger partial charge < -0.3 is 19.9 Å². The number of carbonyl (C=O) groups is 2. The van der Waals surface area contributed by atoms with Gasteiger partial charge in [-0.2, -0.15) is 0 Å². The molecule has 2 aromatic heterocycles. The van der Waals surface area contributed by atoms with Crippen LogP contribution in [0.15, 0.2) is 19.0 Å². The molecule has 3 heterocycles. The largest absolute Gasteiger partial charge is 0.456 e. The first-order valence-electron chi connectivity index (χ1n) is 9.82. The molecule has 1 aliphatic heterocycles. The van der Waals surface area contributed by atoms with E-state index in [1.165, 1.54) is 12.4 Å².